The third-order valence-corrected chi connectivity index (χ3v) is 3.34. The first-order chi connectivity index (χ1) is 9.51. The van der Waals surface area contributed by atoms with Gasteiger partial charge in [0.2, 0.25) is 0 Å². The number of nitrogens with zero attached hydrogens (tertiary/aromatic N) is 2. The van der Waals surface area contributed by atoms with E-state index in [1.165, 1.54) is 7.11 Å². The number of esters is 2. The molecule has 0 radical (unpaired) electrons. The van der Waals surface area contributed by atoms with Crippen molar-refractivity contribution in [3.8, 4) is 0 Å². The van der Waals surface area contributed by atoms with Gasteiger partial charge in [0.15, 0.2) is 11.4 Å². The SMILES string of the molecule is COC(=O)C1=NN=C(C(=O)OC)[C@H]2CNC(C(=O)O)C12. The summed E-state index contributed by atoms with van der Waals surface area (Å²) in [6.45, 7) is 0.186. The van der Waals surface area contributed by atoms with Gasteiger partial charge in [0.25, 0.3) is 0 Å². The molecule has 9 heteroatoms. The first-order valence-corrected chi connectivity index (χ1v) is 5.79. The minimum absolute atomic E-state index is 0.00130. The van der Waals surface area contributed by atoms with E-state index < -0.39 is 35.8 Å². The van der Waals surface area contributed by atoms with E-state index in [-0.39, 0.29) is 18.0 Å². The number of fused-ring (bicyclic) bond motifs is 1. The van der Waals surface area contributed by atoms with Crippen LogP contribution in [0.2, 0.25) is 0 Å². The van der Waals surface area contributed by atoms with Gasteiger partial charge in [-0.05, 0) is 0 Å². The Balaban J connectivity index is 2.43. The zero-order valence-corrected chi connectivity index (χ0v) is 10.8. The molecule has 0 saturated carbocycles. The van der Waals surface area contributed by atoms with Crippen molar-refractivity contribution in [1.82, 2.24) is 5.32 Å². The van der Waals surface area contributed by atoms with Crippen molar-refractivity contribution in [2.45, 2.75) is 6.04 Å². The Morgan fingerprint density at radius 2 is 1.70 bits per heavy atom. The van der Waals surface area contributed by atoms with Crippen molar-refractivity contribution in [3.63, 3.8) is 0 Å². The van der Waals surface area contributed by atoms with Gasteiger partial charge >= 0.3 is 17.9 Å². The van der Waals surface area contributed by atoms with Crippen molar-refractivity contribution in [1.29, 1.82) is 0 Å². The predicted molar refractivity (Wildman–Crippen MR) is 65.3 cm³/mol. The standard InChI is InChI=1S/C11H13N3O6/c1-19-10(17)6-4-3-12-7(9(15)16)5(4)8(14-13-6)11(18)20-2/h4-5,7,12H,3H2,1-2H3,(H,15,16)/t4-,5?,7?/m0/s1. The van der Waals surface area contributed by atoms with E-state index in [0.717, 1.165) is 7.11 Å². The van der Waals surface area contributed by atoms with Crippen LogP contribution in [0.3, 0.4) is 0 Å². The van der Waals surface area contributed by atoms with E-state index in [1.54, 1.807) is 0 Å². The number of rotatable bonds is 3. The summed E-state index contributed by atoms with van der Waals surface area (Å²) in [5.74, 6) is -4.00. The van der Waals surface area contributed by atoms with Gasteiger partial charge < -0.3 is 19.9 Å². The van der Waals surface area contributed by atoms with Gasteiger partial charge in [-0.1, -0.05) is 0 Å². The Hall–Kier alpha value is -2.29. The smallest absolute Gasteiger partial charge is 0.354 e. The summed E-state index contributed by atoms with van der Waals surface area (Å²) in [5.41, 5.74) is -0.107. The summed E-state index contributed by atoms with van der Waals surface area (Å²) in [6, 6.07) is -1.03. The van der Waals surface area contributed by atoms with Crippen LogP contribution in [0, 0.1) is 11.8 Å². The number of carbonyl (C=O) groups is 3. The summed E-state index contributed by atoms with van der Waals surface area (Å²) < 4.78 is 9.16. The van der Waals surface area contributed by atoms with Gasteiger partial charge in [-0.25, -0.2) is 9.59 Å². The first-order valence-electron chi connectivity index (χ1n) is 5.79. The fourth-order valence-electron chi connectivity index (χ4n) is 2.42. The largest absolute Gasteiger partial charge is 0.480 e. The summed E-state index contributed by atoms with van der Waals surface area (Å²) >= 11 is 0. The summed E-state index contributed by atoms with van der Waals surface area (Å²) in [7, 11) is 2.36. The van der Waals surface area contributed by atoms with Crippen LogP contribution < -0.4 is 5.32 Å². The van der Waals surface area contributed by atoms with Crippen LogP contribution in [0.1, 0.15) is 0 Å². The van der Waals surface area contributed by atoms with E-state index in [4.69, 9.17) is 0 Å². The number of hydrogen-bond donors (Lipinski definition) is 2. The van der Waals surface area contributed by atoms with Crippen LogP contribution in [0.15, 0.2) is 10.2 Å². The Bertz CT molecular complexity index is 526. The van der Waals surface area contributed by atoms with E-state index >= 15 is 0 Å². The molecule has 0 bridgehead atoms. The van der Waals surface area contributed by atoms with Crippen LogP contribution in [0.4, 0.5) is 0 Å². The molecule has 1 fully saturated rings. The van der Waals surface area contributed by atoms with Crippen molar-refractivity contribution in [2.75, 3.05) is 20.8 Å². The average molecular weight is 283 g/mol. The minimum Gasteiger partial charge on any atom is -0.480 e. The molecule has 1 saturated heterocycles. The van der Waals surface area contributed by atoms with Crippen LogP contribution in [0.5, 0.6) is 0 Å². The number of methoxy groups -OCH3 is 2. The molecular formula is C11H13N3O6. The van der Waals surface area contributed by atoms with Crippen LogP contribution in [0.25, 0.3) is 0 Å². The van der Waals surface area contributed by atoms with Crippen molar-refractivity contribution in [2.24, 2.45) is 22.0 Å². The molecule has 2 aliphatic heterocycles. The van der Waals surface area contributed by atoms with Crippen molar-refractivity contribution < 1.29 is 29.0 Å². The second-order valence-corrected chi connectivity index (χ2v) is 4.31. The quantitative estimate of drug-likeness (QED) is 0.599. The maximum Gasteiger partial charge on any atom is 0.354 e. The molecule has 0 aromatic rings. The van der Waals surface area contributed by atoms with E-state index in [9.17, 15) is 19.5 Å². The maximum atomic E-state index is 11.7. The normalized spacial score (nSPS) is 28.0. The Morgan fingerprint density at radius 1 is 1.15 bits per heavy atom. The Kier molecular flexibility index (Phi) is 3.79. The lowest BCUT2D eigenvalue weighted by atomic mass is 9.82. The summed E-state index contributed by atoms with van der Waals surface area (Å²) in [6.07, 6.45) is 0. The van der Waals surface area contributed by atoms with Gasteiger partial charge in [0.1, 0.15) is 6.04 Å². The molecule has 2 unspecified atom stereocenters. The lowest BCUT2D eigenvalue weighted by molar-refractivity contribution is -0.140. The molecule has 20 heavy (non-hydrogen) atoms. The molecule has 0 aromatic carbocycles. The number of carboxylic acid groups (broad SMARTS) is 1. The zero-order valence-electron chi connectivity index (χ0n) is 10.8. The minimum atomic E-state index is -1.14. The highest BCUT2D eigenvalue weighted by molar-refractivity contribution is 6.43. The number of hydrogen-bond acceptors (Lipinski definition) is 8. The topological polar surface area (TPSA) is 127 Å². The third kappa shape index (κ3) is 2.16. The lowest BCUT2D eigenvalue weighted by Gasteiger charge is -2.24. The monoisotopic (exact) mass is 283 g/mol. The molecule has 0 spiro atoms. The van der Waals surface area contributed by atoms with Crippen LogP contribution in [-0.4, -0.2) is 61.2 Å². The van der Waals surface area contributed by atoms with E-state index in [2.05, 4.69) is 25.0 Å². The van der Waals surface area contributed by atoms with Crippen molar-refractivity contribution in [3.05, 3.63) is 0 Å². The molecule has 2 aliphatic rings. The Labute approximate surface area is 113 Å². The molecule has 2 rings (SSSR count). The fourth-order valence-corrected chi connectivity index (χ4v) is 2.42. The summed E-state index contributed by atoms with van der Waals surface area (Å²) in [5, 5.41) is 19.3. The average Bonchev–Trinajstić information content (AvgIpc) is 2.89. The molecule has 2 N–H and O–H groups in total. The number of carbonyl (C=O) groups excluding carboxylic acids is 2. The number of ether oxygens (including phenoxy) is 2. The number of aliphatic carboxylic acids is 1. The molecule has 3 atom stereocenters. The van der Waals surface area contributed by atoms with Gasteiger partial charge in [-0.2, -0.15) is 0 Å². The highest BCUT2D eigenvalue weighted by Crippen LogP contribution is 2.30. The van der Waals surface area contributed by atoms with Crippen molar-refractivity contribution >= 4 is 29.3 Å². The highest BCUT2D eigenvalue weighted by atomic mass is 16.5. The maximum absolute atomic E-state index is 11.7. The number of carboxylic acids is 1. The second-order valence-electron chi connectivity index (χ2n) is 4.31. The van der Waals surface area contributed by atoms with Gasteiger partial charge in [0.05, 0.1) is 14.2 Å². The third-order valence-electron chi connectivity index (χ3n) is 3.34. The van der Waals surface area contributed by atoms with Crippen LogP contribution in [-0.2, 0) is 23.9 Å². The molecular weight excluding hydrogens is 270 g/mol. The molecule has 108 valence electrons. The van der Waals surface area contributed by atoms with Gasteiger partial charge in [-0.3, -0.25) is 4.79 Å². The summed E-state index contributed by atoms with van der Waals surface area (Å²) in [4.78, 5) is 34.5. The molecule has 9 nitrogen and oxygen atoms in total. The van der Waals surface area contributed by atoms with E-state index in [1.807, 2.05) is 0 Å². The predicted octanol–water partition coefficient (Wildman–Crippen LogP) is -1.57. The molecule has 0 aliphatic carbocycles. The van der Waals surface area contributed by atoms with Gasteiger partial charge in [0, 0.05) is 18.4 Å². The molecule has 2 heterocycles. The second kappa shape index (κ2) is 5.37. The molecule has 0 amide bonds. The molecule has 0 aromatic heterocycles. The van der Waals surface area contributed by atoms with E-state index in [0.29, 0.717) is 0 Å². The highest BCUT2D eigenvalue weighted by Gasteiger charge is 2.51. The lowest BCUT2D eigenvalue weighted by Crippen LogP contribution is -2.45. The first kappa shape index (κ1) is 14.1. The zero-order chi connectivity index (χ0) is 14.9. The number of nitrogens with one attached hydrogen (secondary N) is 1. The van der Waals surface area contributed by atoms with Crippen LogP contribution >= 0.6 is 0 Å². The van der Waals surface area contributed by atoms with Gasteiger partial charge in [-0.15, -0.1) is 10.2 Å². The fraction of sp³-hybridized carbons (Fsp3) is 0.545. The Morgan fingerprint density at radius 3 is 2.25 bits per heavy atom.